The topological polar surface area (TPSA) is 79.5 Å². The van der Waals surface area contributed by atoms with Crippen LogP contribution in [0.2, 0.25) is 0 Å². The molecule has 2 aromatic rings. The molecule has 0 spiro atoms. The highest BCUT2D eigenvalue weighted by atomic mass is 16.5. The quantitative estimate of drug-likeness (QED) is 0.679. The molecule has 0 aliphatic carbocycles. The van der Waals surface area contributed by atoms with Crippen LogP contribution in [0.1, 0.15) is 30.6 Å². The summed E-state index contributed by atoms with van der Waals surface area (Å²) in [7, 11) is 1.58. The molecule has 0 radical (unpaired) electrons. The van der Waals surface area contributed by atoms with E-state index in [1.807, 2.05) is 31.2 Å². The molecule has 0 bridgehead atoms. The second-order valence-corrected chi connectivity index (χ2v) is 5.92. The van der Waals surface area contributed by atoms with Crippen molar-refractivity contribution in [2.45, 2.75) is 26.4 Å². The third-order valence-corrected chi connectivity index (χ3v) is 3.86. The van der Waals surface area contributed by atoms with Crippen LogP contribution in [-0.2, 0) is 4.79 Å². The van der Waals surface area contributed by atoms with Crippen LogP contribution in [-0.4, -0.2) is 31.5 Å². The molecule has 2 aromatic carbocycles. The standard InChI is InChI=1S/C20H25N3O3/c1-4-14(2)26-18-10-8-16(9-11-18)23-19(24)13-22-17-7-5-6-15(12-17)20(25)21-3/h5-12,14,22H,4,13H2,1-3H3,(H,21,25)(H,23,24). The number of benzene rings is 2. The molecule has 1 unspecified atom stereocenters. The molecular formula is C20H25N3O3. The minimum absolute atomic E-state index is 0.0995. The second kappa shape index (κ2) is 9.46. The zero-order chi connectivity index (χ0) is 18.9. The molecule has 26 heavy (non-hydrogen) atoms. The van der Waals surface area contributed by atoms with Gasteiger partial charge in [-0.3, -0.25) is 9.59 Å². The molecule has 6 heteroatoms. The van der Waals surface area contributed by atoms with Crippen LogP contribution in [0.25, 0.3) is 0 Å². The Morgan fingerprint density at radius 3 is 2.46 bits per heavy atom. The van der Waals surface area contributed by atoms with Gasteiger partial charge in [0.2, 0.25) is 5.91 Å². The van der Waals surface area contributed by atoms with Crippen molar-refractivity contribution < 1.29 is 14.3 Å². The normalized spacial score (nSPS) is 11.3. The first-order valence-corrected chi connectivity index (χ1v) is 8.64. The summed E-state index contributed by atoms with van der Waals surface area (Å²) in [6.07, 6.45) is 1.09. The van der Waals surface area contributed by atoms with E-state index in [1.165, 1.54) is 0 Å². The predicted molar refractivity (Wildman–Crippen MR) is 104 cm³/mol. The smallest absolute Gasteiger partial charge is 0.251 e. The third kappa shape index (κ3) is 5.81. The predicted octanol–water partition coefficient (Wildman–Crippen LogP) is 3.27. The average Bonchev–Trinajstić information content (AvgIpc) is 2.67. The van der Waals surface area contributed by atoms with Gasteiger partial charge in [-0.1, -0.05) is 13.0 Å². The zero-order valence-corrected chi connectivity index (χ0v) is 15.3. The van der Waals surface area contributed by atoms with Gasteiger partial charge in [0.1, 0.15) is 5.75 Å². The first-order valence-electron chi connectivity index (χ1n) is 8.64. The summed E-state index contributed by atoms with van der Waals surface area (Å²) in [5.41, 5.74) is 1.95. The van der Waals surface area contributed by atoms with Gasteiger partial charge in [-0.25, -0.2) is 0 Å². The van der Waals surface area contributed by atoms with Crippen molar-refractivity contribution in [1.29, 1.82) is 0 Å². The zero-order valence-electron chi connectivity index (χ0n) is 15.3. The number of carbonyl (C=O) groups excluding carboxylic acids is 2. The number of ether oxygens (including phenoxy) is 1. The first-order chi connectivity index (χ1) is 12.5. The molecule has 138 valence electrons. The van der Waals surface area contributed by atoms with Gasteiger partial charge < -0.3 is 20.7 Å². The van der Waals surface area contributed by atoms with Crippen LogP contribution in [0.4, 0.5) is 11.4 Å². The van der Waals surface area contributed by atoms with Gasteiger partial charge in [0.05, 0.1) is 12.6 Å². The van der Waals surface area contributed by atoms with Crippen molar-refractivity contribution in [1.82, 2.24) is 5.32 Å². The van der Waals surface area contributed by atoms with Gasteiger partial charge in [-0.05, 0) is 55.8 Å². The van der Waals surface area contributed by atoms with E-state index in [2.05, 4.69) is 22.9 Å². The molecule has 0 aliphatic rings. The fourth-order valence-corrected chi connectivity index (χ4v) is 2.23. The monoisotopic (exact) mass is 355 g/mol. The van der Waals surface area contributed by atoms with E-state index in [0.717, 1.165) is 12.2 Å². The number of carbonyl (C=O) groups is 2. The molecule has 0 aliphatic heterocycles. The van der Waals surface area contributed by atoms with Crippen molar-refractivity contribution in [2.75, 3.05) is 24.2 Å². The van der Waals surface area contributed by atoms with Gasteiger partial charge in [0.15, 0.2) is 0 Å². The number of hydrogen-bond acceptors (Lipinski definition) is 4. The molecule has 3 N–H and O–H groups in total. The van der Waals surface area contributed by atoms with Gasteiger partial charge in [-0.2, -0.15) is 0 Å². The second-order valence-electron chi connectivity index (χ2n) is 5.92. The Morgan fingerprint density at radius 1 is 1.08 bits per heavy atom. The van der Waals surface area contributed by atoms with Gasteiger partial charge >= 0.3 is 0 Å². The third-order valence-electron chi connectivity index (χ3n) is 3.86. The molecule has 2 amide bonds. The fourth-order valence-electron chi connectivity index (χ4n) is 2.23. The van der Waals surface area contributed by atoms with Crippen LogP contribution in [0.5, 0.6) is 5.75 Å². The Balaban J connectivity index is 1.86. The van der Waals surface area contributed by atoms with E-state index < -0.39 is 0 Å². The summed E-state index contributed by atoms with van der Waals surface area (Å²) in [6.45, 7) is 4.18. The number of anilines is 2. The summed E-state index contributed by atoms with van der Waals surface area (Å²) in [6, 6.07) is 14.3. The highest BCUT2D eigenvalue weighted by molar-refractivity contribution is 5.96. The van der Waals surface area contributed by atoms with Crippen molar-refractivity contribution >= 4 is 23.2 Å². The van der Waals surface area contributed by atoms with E-state index in [4.69, 9.17) is 4.74 Å². The molecular weight excluding hydrogens is 330 g/mol. The molecule has 1 atom stereocenters. The van der Waals surface area contributed by atoms with Crippen LogP contribution in [0.3, 0.4) is 0 Å². The first kappa shape index (κ1) is 19.3. The van der Waals surface area contributed by atoms with E-state index in [0.29, 0.717) is 16.9 Å². The number of amides is 2. The van der Waals surface area contributed by atoms with E-state index in [1.54, 1.807) is 31.3 Å². The average molecular weight is 355 g/mol. The summed E-state index contributed by atoms with van der Waals surface area (Å²) in [4.78, 5) is 23.7. The fraction of sp³-hybridized carbons (Fsp3) is 0.300. The lowest BCUT2D eigenvalue weighted by molar-refractivity contribution is -0.114. The van der Waals surface area contributed by atoms with E-state index >= 15 is 0 Å². The van der Waals surface area contributed by atoms with E-state index in [-0.39, 0.29) is 24.5 Å². The van der Waals surface area contributed by atoms with Gasteiger partial charge in [0.25, 0.3) is 5.91 Å². The van der Waals surface area contributed by atoms with Crippen molar-refractivity contribution in [3.05, 3.63) is 54.1 Å². The lowest BCUT2D eigenvalue weighted by Gasteiger charge is -2.13. The Labute approximate surface area is 153 Å². The minimum Gasteiger partial charge on any atom is -0.491 e. The number of hydrogen-bond donors (Lipinski definition) is 3. The lowest BCUT2D eigenvalue weighted by atomic mass is 10.2. The summed E-state index contributed by atoms with van der Waals surface area (Å²) in [5, 5.41) is 8.40. The van der Waals surface area contributed by atoms with Crippen LogP contribution in [0.15, 0.2) is 48.5 Å². The summed E-state index contributed by atoms with van der Waals surface area (Å²) in [5.74, 6) is 0.435. The molecule has 0 saturated heterocycles. The highest BCUT2D eigenvalue weighted by Gasteiger charge is 2.06. The van der Waals surface area contributed by atoms with Crippen molar-refractivity contribution in [3.63, 3.8) is 0 Å². The highest BCUT2D eigenvalue weighted by Crippen LogP contribution is 2.17. The number of nitrogens with one attached hydrogen (secondary N) is 3. The van der Waals surface area contributed by atoms with Gasteiger partial charge in [0, 0.05) is 24.0 Å². The van der Waals surface area contributed by atoms with Crippen LogP contribution < -0.4 is 20.7 Å². The van der Waals surface area contributed by atoms with Crippen molar-refractivity contribution in [3.8, 4) is 5.75 Å². The Morgan fingerprint density at radius 2 is 1.81 bits per heavy atom. The molecule has 0 heterocycles. The Kier molecular flexibility index (Phi) is 7.02. The van der Waals surface area contributed by atoms with Crippen molar-refractivity contribution in [2.24, 2.45) is 0 Å². The van der Waals surface area contributed by atoms with E-state index in [9.17, 15) is 9.59 Å². The molecule has 6 nitrogen and oxygen atoms in total. The summed E-state index contributed by atoms with van der Waals surface area (Å²) < 4.78 is 5.71. The Bertz CT molecular complexity index is 744. The molecule has 0 fully saturated rings. The maximum absolute atomic E-state index is 12.1. The molecule has 2 rings (SSSR count). The minimum atomic E-state index is -0.175. The lowest BCUT2D eigenvalue weighted by Crippen LogP contribution is -2.22. The maximum Gasteiger partial charge on any atom is 0.251 e. The number of rotatable bonds is 8. The largest absolute Gasteiger partial charge is 0.491 e. The summed E-state index contributed by atoms with van der Waals surface area (Å²) >= 11 is 0. The Hall–Kier alpha value is -3.02. The molecule has 0 aromatic heterocycles. The maximum atomic E-state index is 12.1. The van der Waals surface area contributed by atoms with Gasteiger partial charge in [-0.15, -0.1) is 0 Å². The SMILES string of the molecule is CCC(C)Oc1ccc(NC(=O)CNc2cccc(C(=O)NC)c2)cc1. The molecule has 0 saturated carbocycles. The van der Waals surface area contributed by atoms with Crippen LogP contribution in [0, 0.1) is 0 Å². The van der Waals surface area contributed by atoms with Crippen LogP contribution >= 0.6 is 0 Å².